The predicted octanol–water partition coefficient (Wildman–Crippen LogP) is 1.73. The van der Waals surface area contributed by atoms with Gasteiger partial charge in [0.1, 0.15) is 0 Å². The van der Waals surface area contributed by atoms with Gasteiger partial charge in [-0.1, -0.05) is 18.1 Å². The third-order valence-electron chi connectivity index (χ3n) is 3.56. The molecule has 0 aliphatic heterocycles. The number of aromatic nitrogens is 3. The molecule has 0 saturated heterocycles. The number of rotatable bonds is 5. The molecule has 21 heavy (non-hydrogen) atoms. The molecule has 1 aliphatic rings. The number of benzene rings is 1. The van der Waals surface area contributed by atoms with E-state index < -0.39 is 10.2 Å². The number of hydrogen-bond donors (Lipinski definition) is 1. The van der Waals surface area contributed by atoms with E-state index in [2.05, 4.69) is 10.3 Å². The molecule has 112 valence electrons. The van der Waals surface area contributed by atoms with E-state index in [1.54, 1.807) is 6.20 Å². The van der Waals surface area contributed by atoms with E-state index in [0.717, 1.165) is 6.42 Å². The molecule has 0 spiro atoms. The average Bonchev–Trinajstić information content (AvgIpc) is 3.11. The molecule has 1 unspecified atom stereocenters. The Kier molecular flexibility index (Phi) is 3.50. The fourth-order valence-corrected chi connectivity index (χ4v) is 2.63. The summed E-state index contributed by atoms with van der Waals surface area (Å²) >= 11 is 0. The van der Waals surface area contributed by atoms with Gasteiger partial charge in [-0.2, -0.15) is 8.42 Å². The summed E-state index contributed by atoms with van der Waals surface area (Å²) in [5, 5.41) is 8.01. The summed E-state index contributed by atoms with van der Waals surface area (Å²) < 4.78 is 35.8. The molecule has 0 bridgehead atoms. The Hall–Kier alpha value is -1.80. The van der Waals surface area contributed by atoms with E-state index in [0.29, 0.717) is 17.3 Å². The average molecular weight is 310 g/mol. The largest absolute Gasteiger partial charge is 0.332 e. The number of hydrogen-bond acceptors (Lipinski definition) is 5. The fraction of sp³-hybridized carbons (Fsp3) is 0.385. The Bertz CT molecular complexity index is 738. The zero-order chi connectivity index (χ0) is 15.0. The quantitative estimate of drug-likeness (QED) is 0.849. The van der Waals surface area contributed by atoms with Gasteiger partial charge in [-0.3, -0.25) is 0 Å². The molecule has 1 saturated carbocycles. The maximum atomic E-state index is 12.8. The van der Waals surface area contributed by atoms with Gasteiger partial charge in [0.25, 0.3) is 0 Å². The predicted molar refractivity (Wildman–Crippen MR) is 73.9 cm³/mol. The molecular formula is C13H15FN4O2S. The van der Waals surface area contributed by atoms with E-state index >= 15 is 0 Å². The summed E-state index contributed by atoms with van der Waals surface area (Å²) in [5.74, 6) is 0.694. The van der Waals surface area contributed by atoms with Crippen molar-refractivity contribution >= 4 is 10.2 Å². The van der Waals surface area contributed by atoms with Crippen LogP contribution in [0.1, 0.15) is 31.0 Å². The molecule has 0 radical (unpaired) electrons. The fourth-order valence-electron chi connectivity index (χ4n) is 2.17. The highest BCUT2D eigenvalue weighted by molar-refractivity contribution is 7.86. The number of halogens is 1. The van der Waals surface area contributed by atoms with Gasteiger partial charge in [0.05, 0.1) is 28.5 Å². The molecule has 1 fully saturated rings. The first kappa shape index (κ1) is 14.2. The molecule has 1 aromatic carbocycles. The molecule has 1 aromatic heterocycles. The van der Waals surface area contributed by atoms with Crippen LogP contribution in [0.4, 0.5) is 3.89 Å². The molecule has 1 atom stereocenters. The van der Waals surface area contributed by atoms with Crippen LogP contribution < -0.4 is 5.73 Å². The highest BCUT2D eigenvalue weighted by Crippen LogP contribution is 2.36. The van der Waals surface area contributed by atoms with Gasteiger partial charge in [0.15, 0.2) is 0 Å². The van der Waals surface area contributed by atoms with Gasteiger partial charge in [0, 0.05) is 0 Å². The van der Waals surface area contributed by atoms with Crippen LogP contribution in [-0.2, 0) is 10.2 Å². The van der Waals surface area contributed by atoms with Crippen molar-refractivity contribution in [2.75, 3.05) is 0 Å². The van der Waals surface area contributed by atoms with Gasteiger partial charge in [-0.15, -0.1) is 8.98 Å². The lowest BCUT2D eigenvalue weighted by Gasteiger charge is -2.05. The van der Waals surface area contributed by atoms with Gasteiger partial charge in [0.2, 0.25) is 0 Å². The first-order valence-electron chi connectivity index (χ1n) is 6.66. The van der Waals surface area contributed by atoms with E-state index in [1.807, 2.05) is 0 Å². The minimum atomic E-state index is -4.68. The molecule has 6 nitrogen and oxygen atoms in total. The lowest BCUT2D eigenvalue weighted by molar-refractivity contribution is 0.552. The van der Waals surface area contributed by atoms with E-state index in [9.17, 15) is 12.3 Å². The Morgan fingerprint density at radius 3 is 2.57 bits per heavy atom. The van der Waals surface area contributed by atoms with Crippen molar-refractivity contribution in [2.45, 2.75) is 30.2 Å². The Morgan fingerprint density at radius 1 is 1.33 bits per heavy atom. The Labute approximate surface area is 122 Å². The summed E-state index contributed by atoms with van der Waals surface area (Å²) in [5.41, 5.74) is 7.36. The van der Waals surface area contributed by atoms with Crippen LogP contribution in [0.25, 0.3) is 5.69 Å². The summed E-state index contributed by atoms with van der Waals surface area (Å²) in [6.07, 6.45) is 5.06. The maximum absolute atomic E-state index is 12.8. The van der Waals surface area contributed by atoms with E-state index in [1.165, 1.54) is 41.8 Å². The van der Waals surface area contributed by atoms with Crippen molar-refractivity contribution in [3.05, 3.63) is 36.2 Å². The van der Waals surface area contributed by atoms with Crippen molar-refractivity contribution in [1.82, 2.24) is 15.0 Å². The molecular weight excluding hydrogens is 295 g/mol. The third-order valence-corrected chi connectivity index (χ3v) is 4.39. The van der Waals surface area contributed by atoms with Crippen LogP contribution in [0.3, 0.4) is 0 Å². The minimum absolute atomic E-state index is 0.142. The molecule has 2 aromatic rings. The van der Waals surface area contributed by atoms with Gasteiger partial charge in [-0.25, -0.2) is 4.68 Å². The smallest absolute Gasteiger partial charge is 0.323 e. The van der Waals surface area contributed by atoms with Gasteiger partial charge in [-0.05, 0) is 36.6 Å². The summed E-state index contributed by atoms with van der Waals surface area (Å²) in [6.45, 7) is 0. The summed E-state index contributed by atoms with van der Waals surface area (Å²) in [6, 6.07) is 5.18. The maximum Gasteiger partial charge on any atom is 0.332 e. The lowest BCUT2D eigenvalue weighted by atomic mass is 10.1. The van der Waals surface area contributed by atoms with Crippen LogP contribution in [0.15, 0.2) is 35.4 Å². The first-order valence-corrected chi connectivity index (χ1v) is 8.05. The SMILES string of the molecule is NC(CC1CC1)c1cn(-c2ccc(S(=O)(=O)F)cc2)nn1. The summed E-state index contributed by atoms with van der Waals surface area (Å²) in [4.78, 5) is -0.378. The highest BCUT2D eigenvalue weighted by atomic mass is 32.3. The van der Waals surface area contributed by atoms with Crippen molar-refractivity contribution in [3.63, 3.8) is 0 Å². The van der Waals surface area contributed by atoms with Gasteiger partial charge < -0.3 is 5.73 Å². The minimum Gasteiger partial charge on any atom is -0.323 e. The molecule has 1 aliphatic carbocycles. The topological polar surface area (TPSA) is 90.9 Å². The van der Waals surface area contributed by atoms with E-state index in [-0.39, 0.29) is 10.9 Å². The monoisotopic (exact) mass is 310 g/mol. The van der Waals surface area contributed by atoms with Crippen molar-refractivity contribution in [1.29, 1.82) is 0 Å². The second kappa shape index (κ2) is 5.19. The lowest BCUT2D eigenvalue weighted by Crippen LogP contribution is -2.11. The molecule has 0 amide bonds. The molecule has 8 heteroatoms. The summed E-state index contributed by atoms with van der Waals surface area (Å²) in [7, 11) is -4.68. The molecule has 1 heterocycles. The molecule has 2 N–H and O–H groups in total. The van der Waals surface area contributed by atoms with Crippen LogP contribution in [-0.4, -0.2) is 23.4 Å². The van der Waals surface area contributed by atoms with Gasteiger partial charge >= 0.3 is 10.2 Å². The molecule has 3 rings (SSSR count). The van der Waals surface area contributed by atoms with Crippen molar-refractivity contribution in [3.8, 4) is 5.69 Å². The van der Waals surface area contributed by atoms with Crippen molar-refractivity contribution in [2.24, 2.45) is 11.7 Å². The second-order valence-corrected chi connectivity index (χ2v) is 6.65. The zero-order valence-electron chi connectivity index (χ0n) is 11.2. The zero-order valence-corrected chi connectivity index (χ0v) is 12.0. The highest BCUT2D eigenvalue weighted by Gasteiger charge is 2.25. The van der Waals surface area contributed by atoms with Crippen molar-refractivity contribution < 1.29 is 12.3 Å². The van der Waals surface area contributed by atoms with E-state index in [4.69, 9.17) is 5.73 Å². The third kappa shape index (κ3) is 3.27. The Morgan fingerprint density at radius 2 is 2.00 bits per heavy atom. The number of nitrogens with zero attached hydrogens (tertiary/aromatic N) is 3. The Balaban J connectivity index is 1.79. The van der Waals surface area contributed by atoms with Crippen LogP contribution in [0, 0.1) is 5.92 Å². The first-order chi connectivity index (χ1) is 9.93. The number of nitrogens with two attached hydrogens (primary N) is 1. The van der Waals surface area contributed by atoms with Crippen LogP contribution in [0.2, 0.25) is 0 Å². The van der Waals surface area contributed by atoms with Crippen LogP contribution >= 0.6 is 0 Å². The second-order valence-electron chi connectivity index (χ2n) is 5.31. The van der Waals surface area contributed by atoms with Crippen LogP contribution in [0.5, 0.6) is 0 Å². The standard InChI is InChI=1S/C13H15FN4O2S/c14-21(19,20)11-5-3-10(4-6-11)18-8-13(16-17-18)12(15)7-9-1-2-9/h3-6,8-9,12H,1-2,7,15H2. The normalized spacial score (nSPS) is 16.9.